The fourth-order valence-corrected chi connectivity index (χ4v) is 20.3. The Morgan fingerprint density at radius 3 is 0.979 bits per heavy atom. The molecule has 4 saturated heterocycles. The van der Waals surface area contributed by atoms with Gasteiger partial charge in [-0.05, 0) is 110 Å². The van der Waals surface area contributed by atoms with Crippen molar-refractivity contribution >= 4 is 129 Å². The van der Waals surface area contributed by atoms with Gasteiger partial charge >= 0.3 is 58.3 Å². The molecule has 17 atom stereocenters. The van der Waals surface area contributed by atoms with Gasteiger partial charge in [-0.25, -0.2) is 66.9 Å². The maximum absolute atomic E-state index is 14.2. The van der Waals surface area contributed by atoms with E-state index in [-0.39, 0.29) is 153 Å². The third kappa shape index (κ3) is 30.5. The number of aliphatic hydroxyl groups is 1. The van der Waals surface area contributed by atoms with Crippen LogP contribution in [0.15, 0.2) is 154 Å². The fraction of sp³-hybridized carbons (Fsp3) is 0.405. The van der Waals surface area contributed by atoms with Crippen molar-refractivity contribution in [3.8, 4) is 0 Å². The summed E-state index contributed by atoms with van der Waals surface area (Å²) in [6.07, 6.45) is -1.74. The van der Waals surface area contributed by atoms with E-state index in [2.05, 4.69) is 61.1 Å². The number of anilines is 2. The van der Waals surface area contributed by atoms with Gasteiger partial charge in [0.1, 0.15) is 97.4 Å². The topological polar surface area (TPSA) is 768 Å². The number of carbonyl (C=O) groups excluding carboxylic acids is 4. The number of aromatic amines is 2. The molecule has 4 aliphatic heterocycles. The Morgan fingerprint density at radius 2 is 0.669 bits per heavy atom. The van der Waals surface area contributed by atoms with E-state index in [9.17, 15) is 105 Å². The van der Waals surface area contributed by atoms with E-state index < -0.39 is 206 Å². The number of aliphatic hydroxyl groups excluding tert-OH is 1. The quantitative estimate of drug-likeness (QED) is 0.0133. The maximum atomic E-state index is 14.2. The van der Waals surface area contributed by atoms with Gasteiger partial charge in [0, 0.05) is 97.6 Å². The molecule has 0 radical (unpaired) electrons. The van der Waals surface area contributed by atoms with E-state index in [1.54, 1.807) is 121 Å². The van der Waals surface area contributed by atoms with E-state index in [0.717, 1.165) is 27.4 Å². The van der Waals surface area contributed by atoms with E-state index in [1.165, 1.54) is 48.0 Å². The molecule has 55 nitrogen and oxygen atoms in total. The van der Waals surface area contributed by atoms with Gasteiger partial charge in [0.05, 0.1) is 65.5 Å². The molecule has 0 spiro atoms. The van der Waals surface area contributed by atoms with Crippen LogP contribution in [0.5, 0.6) is 0 Å². The Kier molecular flexibility index (Phi) is 36.7. The lowest BCUT2D eigenvalue weighted by Gasteiger charge is -2.24. The average Bonchev–Trinajstić information content (AvgIpc) is 1.63. The first kappa shape index (κ1) is 109. The molecule has 18 N–H and O–H groups in total. The molecular weight excluding hydrogens is 2040 g/mol. The summed E-state index contributed by atoms with van der Waals surface area (Å²) in [4.78, 5) is 203. The monoisotopic (exact) mass is 2140 g/mol. The van der Waals surface area contributed by atoms with Crippen LogP contribution in [0.4, 0.5) is 11.6 Å². The number of nitrogens with zero attached hydrogens (tertiary/aromatic N) is 10. The Morgan fingerprint density at radius 1 is 0.393 bits per heavy atom. The number of phosphoric ester groups is 6. The van der Waals surface area contributed by atoms with Crippen molar-refractivity contribution in [2.45, 2.75) is 139 Å². The Balaban J connectivity index is 0.495. The highest BCUT2D eigenvalue weighted by Gasteiger charge is 2.49. The van der Waals surface area contributed by atoms with Crippen LogP contribution >= 0.6 is 46.9 Å². The van der Waals surface area contributed by atoms with Gasteiger partial charge in [-0.1, -0.05) is 72.8 Å². The van der Waals surface area contributed by atoms with Gasteiger partial charge in [-0.2, -0.15) is 0 Å². The van der Waals surface area contributed by atoms with Gasteiger partial charge in [0.2, 0.25) is 0 Å². The summed E-state index contributed by atoms with van der Waals surface area (Å²) < 4.78 is 165. The van der Waals surface area contributed by atoms with Crippen molar-refractivity contribution in [3.05, 3.63) is 232 Å². The van der Waals surface area contributed by atoms with E-state index >= 15 is 0 Å². The van der Waals surface area contributed by atoms with Crippen molar-refractivity contribution < 1.29 is 155 Å². The maximum Gasteiger partial charge on any atom is 0.472 e. The lowest BCUT2D eigenvalue weighted by molar-refractivity contribution is -0.0555. The van der Waals surface area contributed by atoms with Crippen LogP contribution in [0, 0.1) is 13.8 Å². The second kappa shape index (κ2) is 48.6. The van der Waals surface area contributed by atoms with Gasteiger partial charge in [0.25, 0.3) is 34.7 Å². The number of fused-ring (bicyclic) bond motifs is 2. The summed E-state index contributed by atoms with van der Waals surface area (Å²) in [7, 11) is -30.0. The first-order chi connectivity index (χ1) is 69.0. The molecule has 4 amide bonds. The number of imidazole rings is 2. The molecule has 0 aliphatic carbocycles. The minimum Gasteiger partial charge on any atom is -0.394 e. The predicted molar refractivity (Wildman–Crippen MR) is 507 cm³/mol. The number of amides is 4. The molecule has 5 unspecified atom stereocenters. The lowest BCUT2D eigenvalue weighted by atomic mass is 10.1. The van der Waals surface area contributed by atoms with Crippen LogP contribution in [0.25, 0.3) is 46.6 Å². The SMILES string of the molecule is Cc1cn([C@H]2C[C@H](OP(=O)(O)O)[C@@H](COP(=O)(O)OCCCNC(=O)c3ccc(/C=C/c4ccc(C(=O)NCCCOP(=O)(O)O[C@H]5C[C@H](n6cnc7c(N)ncnc76)O[C@@H]5COP(=O)(O)O[C@H]5C[C@H](n6cnc7c(N)ncnc76)O[C@@H]5COP(=O)(O)OCCCNC(=O)c5ccc(/C=C/c6ccc(C(=O)NCCCOP(=O)(O)O[C@H]7C[C@H](n8cc(C)c(=O)[nH]c8=O)O[C@@H]7CO)cc6)cc5)cc4)cc3)O2)c(=O)[nH]c1=O. The number of nitrogen functional groups attached to an aromatic ring is 2. The number of hydrogen-bond acceptors (Lipinski definition) is 38. The highest BCUT2D eigenvalue weighted by atomic mass is 31.2. The molecule has 4 aliphatic rings. The number of nitrogens with one attached hydrogen (secondary N) is 6. The van der Waals surface area contributed by atoms with Crippen molar-refractivity contribution in [1.82, 2.24) is 79.4 Å². The molecule has 10 aromatic rings. The number of carbonyl (C=O) groups is 4. The zero-order chi connectivity index (χ0) is 104. The summed E-state index contributed by atoms with van der Waals surface area (Å²) in [5.74, 6) is -1.86. The fourth-order valence-electron chi connectivity index (χ4n) is 15.3. The number of H-pyrrole nitrogens is 2. The molecule has 0 saturated carbocycles. The minimum atomic E-state index is -5.33. The first-order valence-corrected chi connectivity index (χ1v) is 53.6. The second-order valence-electron chi connectivity index (χ2n) is 33.0. The molecule has 4 fully saturated rings. The summed E-state index contributed by atoms with van der Waals surface area (Å²) >= 11 is 0. The molecule has 145 heavy (non-hydrogen) atoms. The minimum absolute atomic E-state index is 0.000944. The van der Waals surface area contributed by atoms with Gasteiger partial charge in [-0.15, -0.1) is 0 Å². The van der Waals surface area contributed by atoms with E-state index in [4.69, 9.17) is 80.2 Å². The number of ether oxygens (including phenoxy) is 4. The van der Waals surface area contributed by atoms with Crippen LogP contribution in [0.2, 0.25) is 0 Å². The predicted octanol–water partition coefficient (Wildman–Crippen LogP) is 5.16. The molecule has 61 heteroatoms. The normalized spacial score (nSPS) is 22.4. The number of nitrogens with two attached hydrogens (primary N) is 2. The second-order valence-corrected chi connectivity index (χ2v) is 41.3. The van der Waals surface area contributed by atoms with Crippen molar-refractivity contribution in [1.29, 1.82) is 0 Å². The number of rotatable bonds is 50. The van der Waals surface area contributed by atoms with Crippen molar-refractivity contribution in [2.75, 3.05) is 90.5 Å². The van der Waals surface area contributed by atoms with Crippen molar-refractivity contribution in [3.63, 3.8) is 0 Å². The number of hydrogen-bond donors (Lipinski definition) is 16. The van der Waals surface area contributed by atoms with E-state index in [0.29, 0.717) is 22.3 Å². The van der Waals surface area contributed by atoms with Crippen LogP contribution in [0.1, 0.15) is 151 Å². The Hall–Kier alpha value is -11.2. The van der Waals surface area contributed by atoms with Crippen LogP contribution < -0.4 is 55.2 Å². The Labute approximate surface area is 820 Å². The molecule has 4 aromatic carbocycles. The van der Waals surface area contributed by atoms with Gasteiger partial charge < -0.3 is 91.0 Å². The molecule has 10 heterocycles. The summed E-state index contributed by atoms with van der Waals surface area (Å²) in [6, 6.07) is 26.1. The smallest absolute Gasteiger partial charge is 0.394 e. The summed E-state index contributed by atoms with van der Waals surface area (Å²) in [5, 5.41) is 20.6. The number of phosphoric acid groups is 6. The van der Waals surface area contributed by atoms with E-state index in [1.807, 2.05) is 0 Å². The largest absolute Gasteiger partial charge is 0.472 e. The highest BCUT2D eigenvalue weighted by molar-refractivity contribution is 7.48. The molecule has 6 aromatic heterocycles. The lowest BCUT2D eigenvalue weighted by Crippen LogP contribution is -2.33. The van der Waals surface area contributed by atoms with Gasteiger partial charge in [0.15, 0.2) is 22.9 Å². The van der Waals surface area contributed by atoms with Gasteiger partial charge in [-0.3, -0.25) is 107 Å². The third-order valence-electron chi connectivity index (χ3n) is 22.6. The van der Waals surface area contributed by atoms with Crippen LogP contribution in [-0.4, -0.2) is 249 Å². The third-order valence-corrected chi connectivity index (χ3v) is 28.2. The summed E-state index contributed by atoms with van der Waals surface area (Å²) in [5.41, 5.74) is 14.2. The molecular formula is C84H102N18O37P6. The standard InChI is InChI=1S/C84H102N18O37P6/c1-49-39-99(83(110)97-77(49)104)67-35-59(63(41-103)132-67)137-143(119,120)127-33-5-29-89-81(108)57-23-15-53(16-24-57)9-7-52-13-21-56(22-14-52)80(107)88-28-4-32-126-142(117,118)130-43-65-62(38-70(134-65)102-48-96-72-74(86)92-46-94-76(72)102)139-145(123,124)131-44-66-61(37-69(135-66)101-47-95-71-73(85)91-45-93-75(71)101)138-144(121,122)128-34-6-30-90-82(109)58-25-17-54(18-26-58)10-8-51-11-19-55(20-12-51)79(106)87-27-3-31-125-141(115,116)129-42-64-60(136-140(112,113)114)36-68(133-64)100-40-50(2)78(105)98-84(100)111/h7-26,39-40,45-48,59-70,103H,3-6,27-38,41-44H2,1-2H3,(H,87,106)(H,88,107)(H,89,108)(H,90,109)(H,115,116)(H,117,118)(H,119,120)(H,121,122)(H,123,124)(H2,85,91,93)(H2,86,92,94)(H,97,104,110)(H,98,105,111)(H2,112,113,114)/b9-7+,10-8+/t59-,60-,61-,62-,63+,64+,65+,66+,67+,68+,69+,70+/m0/s1. The van der Waals surface area contributed by atoms with Crippen LogP contribution in [-0.2, 0) is 96.1 Å². The zero-order valence-corrected chi connectivity index (χ0v) is 82.2. The average molecular weight is 2140 g/mol. The molecule has 780 valence electrons. The van der Waals surface area contributed by atoms with Crippen LogP contribution in [0.3, 0.4) is 0 Å². The number of benzene rings is 4. The van der Waals surface area contributed by atoms with Crippen molar-refractivity contribution in [2.24, 2.45) is 0 Å². The Bertz CT molecular complexity index is 6910. The number of aromatic nitrogens is 12. The number of aryl methyl sites for hydroxylation is 2. The zero-order valence-electron chi connectivity index (χ0n) is 76.8. The first-order valence-electron chi connectivity index (χ1n) is 44.6. The molecule has 14 rings (SSSR count). The summed E-state index contributed by atoms with van der Waals surface area (Å²) in [6.45, 7) is -1.72. The molecule has 0 bridgehead atoms. The highest BCUT2D eigenvalue weighted by Crippen LogP contribution is 2.55.